The Labute approximate surface area is 165 Å². The fourth-order valence-corrected chi connectivity index (χ4v) is 2.30. The molecule has 3 N–H and O–H groups in total. The van der Waals surface area contributed by atoms with Crippen molar-refractivity contribution in [3.63, 3.8) is 0 Å². The number of carbonyl (C=O) groups excluding carboxylic acids is 1. The number of benzene rings is 2. The van der Waals surface area contributed by atoms with Crippen molar-refractivity contribution >= 4 is 35.3 Å². The summed E-state index contributed by atoms with van der Waals surface area (Å²) in [5.74, 6) is -0.920. The van der Waals surface area contributed by atoms with Gasteiger partial charge in [0.25, 0.3) is 0 Å². The van der Waals surface area contributed by atoms with Crippen LogP contribution in [0.25, 0.3) is 10.8 Å². The molecule has 6 nitrogen and oxygen atoms in total. The number of esters is 1. The quantitative estimate of drug-likeness (QED) is 0.533. The van der Waals surface area contributed by atoms with Gasteiger partial charge < -0.3 is 20.3 Å². The Kier molecular flexibility index (Phi) is 8.12. The van der Waals surface area contributed by atoms with Gasteiger partial charge in [-0.25, -0.2) is 0 Å². The number of carboxylic acid groups (broad SMARTS) is 1. The first-order valence-corrected chi connectivity index (χ1v) is 8.82. The number of rotatable bonds is 5. The van der Waals surface area contributed by atoms with E-state index in [4.69, 9.17) is 15.6 Å². The van der Waals surface area contributed by atoms with Crippen LogP contribution in [0, 0.1) is 0 Å². The predicted octanol–water partition coefficient (Wildman–Crippen LogP) is 3.23. The van der Waals surface area contributed by atoms with E-state index in [1.165, 1.54) is 7.11 Å². The summed E-state index contributed by atoms with van der Waals surface area (Å²) in [6.45, 7) is 5.21. The molecule has 0 aliphatic carbocycles. The number of nitrogens with two attached hydrogens (primary N) is 1. The van der Waals surface area contributed by atoms with E-state index in [1.54, 1.807) is 27.9 Å². The molecular formula is C20H27NO5S. The van der Waals surface area contributed by atoms with Crippen LogP contribution < -0.4 is 10.5 Å². The molecule has 0 aliphatic heterocycles. The summed E-state index contributed by atoms with van der Waals surface area (Å²) in [7, 11) is 2.93. The van der Waals surface area contributed by atoms with E-state index in [-0.39, 0.29) is 0 Å². The highest BCUT2D eigenvalue weighted by molar-refractivity contribution is 7.81. The topological polar surface area (TPSA) is 98.9 Å². The Morgan fingerprint density at radius 3 is 2.11 bits per heavy atom. The molecule has 0 bridgehead atoms. The lowest BCUT2D eigenvalue weighted by Crippen LogP contribution is -2.45. The minimum absolute atomic E-state index is 0.431. The standard InChI is InChI=1S/C14H14O3.C6H13NO2S/c1-9(14(15)16)10-3-4-12-8-13(17-2)6-5-11(12)7-10;1-6(2,10)4(7)5(8)9-3/h3-9H,1-2H3,(H,15,16);4,10H,7H2,1-3H3. The number of hydrogen-bond acceptors (Lipinski definition) is 6. The highest BCUT2D eigenvalue weighted by atomic mass is 32.1. The maximum absolute atomic E-state index is 10.9. The summed E-state index contributed by atoms with van der Waals surface area (Å²) in [4.78, 5) is 21.7. The zero-order valence-corrected chi connectivity index (χ0v) is 17.1. The third-order valence-electron chi connectivity index (χ3n) is 4.16. The molecule has 0 saturated heterocycles. The van der Waals surface area contributed by atoms with Gasteiger partial charge in [0.2, 0.25) is 0 Å². The number of aliphatic carboxylic acids is 1. The molecule has 2 atom stereocenters. The molecule has 2 unspecified atom stereocenters. The number of thiol groups is 1. The molecule has 148 valence electrons. The molecule has 0 heterocycles. The van der Waals surface area contributed by atoms with Crippen LogP contribution >= 0.6 is 12.6 Å². The number of fused-ring (bicyclic) bond motifs is 1. The monoisotopic (exact) mass is 393 g/mol. The summed E-state index contributed by atoms with van der Waals surface area (Å²) >= 11 is 4.12. The van der Waals surface area contributed by atoms with E-state index in [0.717, 1.165) is 22.1 Å². The van der Waals surface area contributed by atoms with Crippen molar-refractivity contribution in [3.8, 4) is 5.75 Å². The lowest BCUT2D eigenvalue weighted by Gasteiger charge is -2.22. The van der Waals surface area contributed by atoms with Crippen molar-refractivity contribution in [2.75, 3.05) is 14.2 Å². The van der Waals surface area contributed by atoms with Gasteiger partial charge in [0.05, 0.1) is 20.1 Å². The van der Waals surface area contributed by atoms with Crippen LogP contribution in [0.15, 0.2) is 36.4 Å². The summed E-state index contributed by atoms with van der Waals surface area (Å²) < 4.78 is 9.05. The molecule has 2 aromatic carbocycles. The molecule has 0 aromatic heterocycles. The van der Waals surface area contributed by atoms with Crippen molar-refractivity contribution in [2.24, 2.45) is 5.73 Å². The number of hydrogen-bond donors (Lipinski definition) is 3. The Balaban J connectivity index is 0.000000314. The minimum atomic E-state index is -0.808. The molecule has 27 heavy (non-hydrogen) atoms. The van der Waals surface area contributed by atoms with Crippen molar-refractivity contribution in [3.05, 3.63) is 42.0 Å². The highest BCUT2D eigenvalue weighted by Gasteiger charge is 2.28. The summed E-state index contributed by atoms with van der Waals surface area (Å²) in [5, 5.41) is 11.0. The highest BCUT2D eigenvalue weighted by Crippen LogP contribution is 2.25. The first kappa shape index (κ1) is 22.8. The molecule has 0 saturated carbocycles. The van der Waals surface area contributed by atoms with Crippen LogP contribution in [0.4, 0.5) is 0 Å². The third-order valence-corrected chi connectivity index (χ3v) is 4.44. The number of carbonyl (C=O) groups is 2. The third kappa shape index (κ3) is 6.45. The Morgan fingerprint density at radius 2 is 1.67 bits per heavy atom. The first-order chi connectivity index (χ1) is 12.5. The first-order valence-electron chi connectivity index (χ1n) is 8.37. The van der Waals surface area contributed by atoms with Crippen LogP contribution in [0.5, 0.6) is 5.75 Å². The van der Waals surface area contributed by atoms with E-state index in [0.29, 0.717) is 0 Å². The second kappa shape index (κ2) is 9.62. The van der Waals surface area contributed by atoms with Gasteiger partial charge in [-0.2, -0.15) is 12.6 Å². The number of methoxy groups -OCH3 is 2. The average Bonchev–Trinajstić information content (AvgIpc) is 2.64. The van der Waals surface area contributed by atoms with Crippen molar-refractivity contribution in [1.82, 2.24) is 0 Å². The molecule has 2 aromatic rings. The second-order valence-electron chi connectivity index (χ2n) is 6.69. The smallest absolute Gasteiger partial charge is 0.324 e. The van der Waals surface area contributed by atoms with Crippen LogP contribution in [0.2, 0.25) is 0 Å². The molecular weight excluding hydrogens is 366 g/mol. The SMILES string of the molecule is COC(=O)C(N)C(C)(C)S.COc1ccc2cc(C(C)C(=O)O)ccc2c1. The Morgan fingerprint density at radius 1 is 1.11 bits per heavy atom. The van der Waals surface area contributed by atoms with E-state index in [2.05, 4.69) is 17.4 Å². The van der Waals surface area contributed by atoms with Crippen LogP contribution in [-0.4, -0.2) is 42.1 Å². The fourth-order valence-electron chi connectivity index (χ4n) is 2.20. The molecule has 7 heteroatoms. The molecule has 0 fully saturated rings. The maximum atomic E-state index is 10.9. The molecule has 0 amide bonds. The summed E-state index contributed by atoms with van der Waals surface area (Å²) in [5.41, 5.74) is 6.27. The summed E-state index contributed by atoms with van der Waals surface area (Å²) in [6.07, 6.45) is 0. The minimum Gasteiger partial charge on any atom is -0.497 e. The Hall–Kier alpha value is -2.25. The van der Waals surface area contributed by atoms with Crippen LogP contribution in [0.1, 0.15) is 32.3 Å². The lowest BCUT2D eigenvalue weighted by atomic mass is 9.98. The maximum Gasteiger partial charge on any atom is 0.324 e. The zero-order valence-electron chi connectivity index (χ0n) is 16.2. The van der Waals surface area contributed by atoms with Gasteiger partial charge in [0.15, 0.2) is 0 Å². The van der Waals surface area contributed by atoms with Crippen molar-refractivity contribution in [2.45, 2.75) is 37.5 Å². The van der Waals surface area contributed by atoms with Gasteiger partial charge >= 0.3 is 11.9 Å². The number of ether oxygens (including phenoxy) is 2. The van der Waals surface area contributed by atoms with Gasteiger partial charge in [-0.3, -0.25) is 9.59 Å². The summed E-state index contributed by atoms with van der Waals surface area (Å²) in [6, 6.07) is 10.8. The predicted molar refractivity (Wildman–Crippen MR) is 110 cm³/mol. The average molecular weight is 394 g/mol. The largest absolute Gasteiger partial charge is 0.497 e. The van der Waals surface area contributed by atoms with Gasteiger partial charge in [-0.05, 0) is 49.2 Å². The van der Waals surface area contributed by atoms with Crippen LogP contribution in [-0.2, 0) is 14.3 Å². The molecule has 0 aliphatic rings. The van der Waals surface area contributed by atoms with Gasteiger partial charge in [0, 0.05) is 4.75 Å². The second-order valence-corrected chi connectivity index (χ2v) is 7.84. The van der Waals surface area contributed by atoms with E-state index in [1.807, 2.05) is 36.4 Å². The zero-order chi connectivity index (χ0) is 20.8. The Bertz CT molecular complexity index is 801. The van der Waals surface area contributed by atoms with Gasteiger partial charge in [0.1, 0.15) is 11.8 Å². The molecule has 0 spiro atoms. The molecule has 2 rings (SSSR count). The number of carboxylic acids is 1. The fraction of sp³-hybridized carbons (Fsp3) is 0.400. The van der Waals surface area contributed by atoms with E-state index < -0.39 is 28.6 Å². The van der Waals surface area contributed by atoms with Gasteiger partial charge in [-0.15, -0.1) is 0 Å². The lowest BCUT2D eigenvalue weighted by molar-refractivity contribution is -0.142. The van der Waals surface area contributed by atoms with Crippen molar-refractivity contribution < 1.29 is 24.2 Å². The van der Waals surface area contributed by atoms with Crippen molar-refractivity contribution in [1.29, 1.82) is 0 Å². The molecule has 0 radical (unpaired) electrons. The van der Waals surface area contributed by atoms with E-state index in [9.17, 15) is 9.59 Å². The van der Waals surface area contributed by atoms with Crippen LogP contribution in [0.3, 0.4) is 0 Å². The van der Waals surface area contributed by atoms with E-state index >= 15 is 0 Å². The normalized spacial score (nSPS) is 13.1. The van der Waals surface area contributed by atoms with Gasteiger partial charge in [-0.1, -0.05) is 24.3 Å².